The molecule has 1 atom stereocenters. The summed E-state index contributed by atoms with van der Waals surface area (Å²) in [5.74, 6) is -0.0227. The van der Waals surface area contributed by atoms with E-state index in [1.54, 1.807) is 6.07 Å². The molecule has 1 rings (SSSR count). The predicted octanol–water partition coefficient (Wildman–Crippen LogP) is 2.19. The summed E-state index contributed by atoms with van der Waals surface area (Å²) in [5.41, 5.74) is 0.410. The number of hydrogen-bond donors (Lipinski definition) is 0. The van der Waals surface area contributed by atoms with Crippen molar-refractivity contribution in [2.24, 2.45) is 4.99 Å². The Kier molecular flexibility index (Phi) is 4.13. The van der Waals surface area contributed by atoms with Crippen LogP contribution in [0.15, 0.2) is 29.3 Å². The number of rotatable bonds is 4. The highest BCUT2D eigenvalue weighted by molar-refractivity contribution is 5.39. The summed E-state index contributed by atoms with van der Waals surface area (Å²) in [6, 6.07) is 6.09. The second kappa shape index (κ2) is 5.59. The van der Waals surface area contributed by atoms with Crippen molar-refractivity contribution in [3.8, 4) is 11.8 Å². The molecule has 4 nitrogen and oxygen atoms in total. The van der Waals surface area contributed by atoms with E-state index in [1.807, 2.05) is 0 Å². The van der Waals surface area contributed by atoms with E-state index >= 15 is 0 Å². The molecule has 16 heavy (non-hydrogen) atoms. The van der Waals surface area contributed by atoms with Crippen LogP contribution in [0.3, 0.4) is 0 Å². The predicted molar refractivity (Wildman–Crippen MR) is 49.5 cm³/mol. The Morgan fingerprint density at radius 1 is 1.31 bits per heavy atom. The molecule has 0 N–H and O–H groups in total. The van der Waals surface area contributed by atoms with Crippen LogP contribution in [0.5, 0.6) is 5.75 Å². The maximum Gasteiger partial charge on any atom is 0.387 e. The Hall–Kier alpha value is -2.25. The van der Waals surface area contributed by atoms with Crippen LogP contribution in [0.1, 0.15) is 11.6 Å². The van der Waals surface area contributed by atoms with Gasteiger partial charge in [-0.05, 0) is 17.7 Å². The van der Waals surface area contributed by atoms with Crippen LogP contribution in [0, 0.1) is 11.3 Å². The Labute approximate surface area is 89.8 Å². The van der Waals surface area contributed by atoms with Gasteiger partial charge in [-0.3, -0.25) is 0 Å². The van der Waals surface area contributed by atoms with Crippen molar-refractivity contribution < 1.29 is 18.3 Å². The van der Waals surface area contributed by atoms with E-state index in [4.69, 9.17) is 5.26 Å². The van der Waals surface area contributed by atoms with Crippen LogP contribution in [0.25, 0.3) is 0 Å². The molecule has 0 fully saturated rings. The Balaban J connectivity index is 2.86. The summed E-state index contributed by atoms with van der Waals surface area (Å²) in [5, 5.41) is 8.65. The fourth-order valence-corrected chi connectivity index (χ4v) is 1.06. The smallest absolute Gasteiger partial charge is 0.387 e. The number of nitrogens with zero attached hydrogens (tertiary/aromatic N) is 2. The monoisotopic (exact) mass is 224 g/mol. The molecule has 1 aromatic rings. The summed E-state index contributed by atoms with van der Waals surface area (Å²) >= 11 is 0. The fraction of sp³-hybridized carbons (Fsp3) is 0.200. The zero-order chi connectivity index (χ0) is 12.0. The summed E-state index contributed by atoms with van der Waals surface area (Å²) in [7, 11) is 0. The van der Waals surface area contributed by atoms with Gasteiger partial charge in [-0.15, -0.1) is 0 Å². The lowest BCUT2D eigenvalue weighted by Gasteiger charge is -2.06. The number of hydrogen-bond acceptors (Lipinski definition) is 4. The fourth-order valence-electron chi connectivity index (χ4n) is 1.06. The second-order valence-electron chi connectivity index (χ2n) is 2.70. The SMILES string of the molecule is N#CC(N=C=O)c1ccc(OC(F)F)cc1. The van der Waals surface area contributed by atoms with E-state index in [0.29, 0.717) is 5.56 Å². The molecular weight excluding hydrogens is 218 g/mol. The number of aliphatic imine (C=N–C) groups is 1. The first-order valence-corrected chi connectivity index (χ1v) is 4.18. The van der Waals surface area contributed by atoms with Crippen LogP contribution in [0.4, 0.5) is 8.78 Å². The number of carbonyl (C=O) groups excluding carboxylic acids is 1. The van der Waals surface area contributed by atoms with Gasteiger partial charge in [-0.2, -0.15) is 19.0 Å². The molecule has 0 aliphatic rings. The maximum atomic E-state index is 11.8. The third-order valence-corrected chi connectivity index (χ3v) is 1.73. The molecule has 0 aliphatic heterocycles. The molecule has 0 bridgehead atoms. The lowest BCUT2D eigenvalue weighted by atomic mass is 10.1. The van der Waals surface area contributed by atoms with Crippen molar-refractivity contribution in [3.05, 3.63) is 29.8 Å². The molecule has 0 heterocycles. The molecule has 0 spiro atoms. The topological polar surface area (TPSA) is 62.5 Å². The lowest BCUT2D eigenvalue weighted by Crippen LogP contribution is -2.02. The van der Waals surface area contributed by atoms with Crippen LogP contribution in [-0.4, -0.2) is 12.7 Å². The van der Waals surface area contributed by atoms with Crippen molar-refractivity contribution in [2.75, 3.05) is 0 Å². The zero-order valence-electron chi connectivity index (χ0n) is 7.93. The first kappa shape index (κ1) is 11.8. The van der Waals surface area contributed by atoms with Crippen LogP contribution < -0.4 is 4.74 Å². The minimum Gasteiger partial charge on any atom is -0.435 e. The molecule has 0 saturated carbocycles. The maximum absolute atomic E-state index is 11.8. The summed E-state index contributed by atoms with van der Waals surface area (Å²) < 4.78 is 27.8. The highest BCUT2D eigenvalue weighted by Gasteiger charge is 2.09. The van der Waals surface area contributed by atoms with Gasteiger partial charge in [0.2, 0.25) is 6.08 Å². The van der Waals surface area contributed by atoms with Gasteiger partial charge in [0, 0.05) is 0 Å². The number of nitriles is 1. The summed E-state index contributed by atoms with van der Waals surface area (Å²) in [6.45, 7) is -2.90. The van der Waals surface area contributed by atoms with Gasteiger partial charge in [0.25, 0.3) is 0 Å². The van der Waals surface area contributed by atoms with Crippen molar-refractivity contribution in [2.45, 2.75) is 12.7 Å². The Bertz CT molecular complexity index is 433. The molecule has 6 heteroatoms. The number of alkyl halides is 2. The van der Waals surface area contributed by atoms with Gasteiger partial charge in [0.05, 0.1) is 6.07 Å². The summed E-state index contributed by atoms with van der Waals surface area (Å²) in [6.07, 6.45) is 1.27. The average Bonchev–Trinajstić information content (AvgIpc) is 2.26. The van der Waals surface area contributed by atoms with Gasteiger partial charge in [-0.25, -0.2) is 4.79 Å². The van der Waals surface area contributed by atoms with E-state index in [0.717, 1.165) is 0 Å². The van der Waals surface area contributed by atoms with Gasteiger partial charge in [0.15, 0.2) is 6.04 Å². The molecule has 1 unspecified atom stereocenters. The van der Waals surface area contributed by atoms with E-state index in [9.17, 15) is 13.6 Å². The molecule has 0 aliphatic carbocycles. The number of isocyanates is 1. The summed E-state index contributed by atoms with van der Waals surface area (Å²) in [4.78, 5) is 13.2. The number of halogens is 2. The highest BCUT2D eigenvalue weighted by atomic mass is 19.3. The Morgan fingerprint density at radius 2 is 1.94 bits per heavy atom. The quantitative estimate of drug-likeness (QED) is 0.581. The van der Waals surface area contributed by atoms with Crippen LogP contribution >= 0.6 is 0 Å². The minimum atomic E-state index is -2.90. The van der Waals surface area contributed by atoms with Crippen molar-refractivity contribution >= 4 is 6.08 Å². The zero-order valence-corrected chi connectivity index (χ0v) is 7.93. The third kappa shape index (κ3) is 3.15. The van der Waals surface area contributed by atoms with E-state index in [1.165, 1.54) is 30.3 Å². The first-order chi connectivity index (χ1) is 7.67. The molecule has 82 valence electrons. The number of benzene rings is 1. The van der Waals surface area contributed by atoms with Gasteiger partial charge >= 0.3 is 6.61 Å². The van der Waals surface area contributed by atoms with Crippen molar-refractivity contribution in [1.29, 1.82) is 5.26 Å². The molecule has 0 saturated heterocycles. The minimum absolute atomic E-state index is 0.0227. The highest BCUT2D eigenvalue weighted by Crippen LogP contribution is 2.20. The van der Waals surface area contributed by atoms with E-state index < -0.39 is 12.7 Å². The largest absolute Gasteiger partial charge is 0.435 e. The standard InChI is InChI=1S/C10H6F2N2O2/c11-10(12)16-8-3-1-7(2-4-8)9(5-13)14-6-15/h1-4,9-10H. The molecule has 0 aromatic heterocycles. The molecular formula is C10H6F2N2O2. The molecule has 0 amide bonds. The third-order valence-electron chi connectivity index (χ3n) is 1.73. The van der Waals surface area contributed by atoms with Crippen LogP contribution in [-0.2, 0) is 4.79 Å². The molecule has 0 radical (unpaired) electrons. The van der Waals surface area contributed by atoms with Gasteiger partial charge in [0.1, 0.15) is 5.75 Å². The lowest BCUT2D eigenvalue weighted by molar-refractivity contribution is -0.0498. The number of ether oxygens (including phenoxy) is 1. The van der Waals surface area contributed by atoms with Crippen molar-refractivity contribution in [1.82, 2.24) is 0 Å². The average molecular weight is 224 g/mol. The van der Waals surface area contributed by atoms with E-state index in [2.05, 4.69) is 9.73 Å². The first-order valence-electron chi connectivity index (χ1n) is 4.18. The van der Waals surface area contributed by atoms with Gasteiger partial charge in [-0.1, -0.05) is 12.1 Å². The van der Waals surface area contributed by atoms with Crippen LogP contribution in [0.2, 0.25) is 0 Å². The Morgan fingerprint density at radius 3 is 2.38 bits per heavy atom. The second-order valence-corrected chi connectivity index (χ2v) is 2.70. The molecule has 1 aromatic carbocycles. The van der Waals surface area contributed by atoms with E-state index in [-0.39, 0.29) is 5.75 Å². The van der Waals surface area contributed by atoms with Gasteiger partial charge < -0.3 is 4.74 Å². The van der Waals surface area contributed by atoms with Crippen molar-refractivity contribution in [3.63, 3.8) is 0 Å². The normalized spacial score (nSPS) is 11.4.